The van der Waals surface area contributed by atoms with Crippen LogP contribution < -0.4 is 11.1 Å². The molecule has 0 heterocycles. The molecule has 0 aliphatic rings. The van der Waals surface area contributed by atoms with Crippen LogP contribution >= 0.6 is 0 Å². The molecule has 2 atom stereocenters. The normalized spacial score (nSPS) is 14.2. The summed E-state index contributed by atoms with van der Waals surface area (Å²) in [6.45, 7) is 6.78. The molecule has 0 aromatic carbocycles. The number of carboxylic acid groups (broad SMARTS) is 1. The fraction of sp³-hybridized carbons (Fsp3) is 0.857. The molecular formula is C14H28N2O3. The zero-order valence-electron chi connectivity index (χ0n) is 12.3. The lowest BCUT2D eigenvalue weighted by atomic mass is 9.88. The zero-order chi connectivity index (χ0) is 14.8. The van der Waals surface area contributed by atoms with Crippen molar-refractivity contribution < 1.29 is 14.7 Å². The maximum atomic E-state index is 11.7. The Morgan fingerprint density at radius 1 is 1.11 bits per heavy atom. The highest BCUT2D eigenvalue weighted by Gasteiger charge is 2.15. The van der Waals surface area contributed by atoms with Gasteiger partial charge >= 0.3 is 5.97 Å². The maximum absolute atomic E-state index is 11.7. The number of carboxylic acids is 1. The highest BCUT2D eigenvalue weighted by atomic mass is 16.4. The van der Waals surface area contributed by atoms with Crippen molar-refractivity contribution in [2.75, 3.05) is 6.54 Å². The Morgan fingerprint density at radius 3 is 2.21 bits per heavy atom. The van der Waals surface area contributed by atoms with E-state index in [9.17, 15) is 9.59 Å². The number of carbonyl (C=O) groups is 2. The molecule has 0 aliphatic heterocycles. The van der Waals surface area contributed by atoms with Crippen molar-refractivity contribution in [3.8, 4) is 0 Å². The molecule has 19 heavy (non-hydrogen) atoms. The van der Waals surface area contributed by atoms with Gasteiger partial charge < -0.3 is 16.2 Å². The number of hydrogen-bond acceptors (Lipinski definition) is 3. The van der Waals surface area contributed by atoms with Gasteiger partial charge in [0, 0.05) is 18.9 Å². The minimum absolute atomic E-state index is 0.000519. The number of carbonyl (C=O) groups excluding carboxylic acids is 1. The largest absolute Gasteiger partial charge is 0.481 e. The van der Waals surface area contributed by atoms with E-state index >= 15 is 0 Å². The van der Waals surface area contributed by atoms with Gasteiger partial charge in [-0.25, -0.2) is 0 Å². The van der Waals surface area contributed by atoms with Gasteiger partial charge in [0.25, 0.3) is 0 Å². The Bertz CT molecular complexity index is 280. The van der Waals surface area contributed by atoms with E-state index in [1.54, 1.807) is 0 Å². The van der Waals surface area contributed by atoms with Gasteiger partial charge in [0.15, 0.2) is 0 Å². The second-order valence-corrected chi connectivity index (χ2v) is 5.52. The van der Waals surface area contributed by atoms with Gasteiger partial charge in [-0.2, -0.15) is 0 Å². The fourth-order valence-corrected chi connectivity index (χ4v) is 2.10. The van der Waals surface area contributed by atoms with E-state index in [4.69, 9.17) is 10.8 Å². The first-order valence-electron chi connectivity index (χ1n) is 7.08. The first-order chi connectivity index (χ1) is 8.86. The average molecular weight is 272 g/mol. The molecule has 0 spiro atoms. The summed E-state index contributed by atoms with van der Waals surface area (Å²) in [6, 6.07) is -0.0874. The summed E-state index contributed by atoms with van der Waals surface area (Å²) in [5, 5.41) is 11.4. The third kappa shape index (κ3) is 9.47. The summed E-state index contributed by atoms with van der Waals surface area (Å²) in [7, 11) is 0. The van der Waals surface area contributed by atoms with Gasteiger partial charge in [-0.15, -0.1) is 0 Å². The van der Waals surface area contributed by atoms with Crippen LogP contribution in [0.4, 0.5) is 0 Å². The summed E-state index contributed by atoms with van der Waals surface area (Å²) >= 11 is 0. The monoisotopic (exact) mass is 272 g/mol. The third-order valence-electron chi connectivity index (χ3n) is 3.42. The molecule has 112 valence electrons. The van der Waals surface area contributed by atoms with Crippen LogP contribution in [-0.4, -0.2) is 29.6 Å². The van der Waals surface area contributed by atoms with Crippen LogP contribution in [0.1, 0.15) is 52.9 Å². The summed E-state index contributed by atoms with van der Waals surface area (Å²) in [5.41, 5.74) is 5.57. The van der Waals surface area contributed by atoms with Crippen LogP contribution in [0.2, 0.25) is 0 Å². The van der Waals surface area contributed by atoms with Crippen LogP contribution in [0.3, 0.4) is 0 Å². The molecule has 0 saturated carbocycles. The topological polar surface area (TPSA) is 92.4 Å². The molecule has 4 N–H and O–H groups in total. The van der Waals surface area contributed by atoms with Crippen LogP contribution in [0.15, 0.2) is 0 Å². The van der Waals surface area contributed by atoms with Crippen molar-refractivity contribution in [2.24, 2.45) is 17.6 Å². The minimum atomic E-state index is -0.830. The van der Waals surface area contributed by atoms with E-state index in [1.165, 1.54) is 0 Å². The molecule has 0 bridgehead atoms. The lowest BCUT2D eigenvalue weighted by molar-refractivity contribution is -0.137. The molecular weight excluding hydrogens is 244 g/mol. The van der Waals surface area contributed by atoms with Gasteiger partial charge in [-0.1, -0.05) is 13.8 Å². The molecule has 0 aliphatic carbocycles. The maximum Gasteiger partial charge on any atom is 0.303 e. The number of amides is 1. The molecule has 2 unspecified atom stereocenters. The second-order valence-electron chi connectivity index (χ2n) is 5.52. The molecule has 0 rings (SSSR count). The van der Waals surface area contributed by atoms with E-state index in [2.05, 4.69) is 19.2 Å². The van der Waals surface area contributed by atoms with Crippen LogP contribution in [0.5, 0.6) is 0 Å². The Hall–Kier alpha value is -1.10. The van der Waals surface area contributed by atoms with Crippen molar-refractivity contribution in [2.45, 2.75) is 58.9 Å². The van der Waals surface area contributed by atoms with Crippen LogP contribution in [0.25, 0.3) is 0 Å². The van der Waals surface area contributed by atoms with E-state index < -0.39 is 5.97 Å². The molecule has 5 heteroatoms. The molecule has 0 saturated heterocycles. The Morgan fingerprint density at radius 2 is 1.74 bits per heavy atom. The van der Waals surface area contributed by atoms with Crippen molar-refractivity contribution in [1.29, 1.82) is 0 Å². The number of rotatable bonds is 10. The summed E-state index contributed by atoms with van der Waals surface area (Å²) in [6.07, 6.45) is 2.83. The number of aliphatic carboxylic acids is 1. The van der Waals surface area contributed by atoms with E-state index in [1.807, 2.05) is 6.92 Å². The van der Waals surface area contributed by atoms with Gasteiger partial charge in [0.2, 0.25) is 5.91 Å². The molecule has 1 amide bonds. The summed E-state index contributed by atoms with van der Waals surface area (Å²) in [5.74, 6) is 0.176. The van der Waals surface area contributed by atoms with Crippen molar-refractivity contribution >= 4 is 11.9 Å². The van der Waals surface area contributed by atoms with Crippen molar-refractivity contribution in [3.63, 3.8) is 0 Å². The van der Waals surface area contributed by atoms with E-state index in [-0.39, 0.29) is 18.4 Å². The van der Waals surface area contributed by atoms with E-state index in [0.29, 0.717) is 31.2 Å². The Balaban J connectivity index is 3.92. The summed E-state index contributed by atoms with van der Waals surface area (Å²) in [4.78, 5) is 22.2. The molecule has 0 fully saturated rings. The van der Waals surface area contributed by atoms with E-state index in [0.717, 1.165) is 12.8 Å². The quantitative estimate of drug-likeness (QED) is 0.565. The first kappa shape index (κ1) is 17.9. The first-order valence-corrected chi connectivity index (χ1v) is 7.08. The van der Waals surface area contributed by atoms with Crippen LogP contribution in [-0.2, 0) is 9.59 Å². The highest BCUT2D eigenvalue weighted by molar-refractivity contribution is 5.76. The van der Waals surface area contributed by atoms with Gasteiger partial charge in [0.1, 0.15) is 0 Å². The SMILES string of the molecule is CC(CCC(=O)O)NC(=O)CCC(CCN)C(C)C. The predicted molar refractivity (Wildman–Crippen MR) is 75.7 cm³/mol. The van der Waals surface area contributed by atoms with Crippen molar-refractivity contribution in [1.82, 2.24) is 5.32 Å². The van der Waals surface area contributed by atoms with Crippen molar-refractivity contribution in [3.05, 3.63) is 0 Å². The Labute approximate surface area is 115 Å². The lowest BCUT2D eigenvalue weighted by Crippen LogP contribution is -2.33. The zero-order valence-corrected chi connectivity index (χ0v) is 12.3. The van der Waals surface area contributed by atoms with Crippen LogP contribution in [0, 0.1) is 11.8 Å². The second kappa shape index (κ2) is 9.78. The number of hydrogen-bond donors (Lipinski definition) is 3. The lowest BCUT2D eigenvalue weighted by Gasteiger charge is -2.20. The van der Waals surface area contributed by atoms with Gasteiger partial charge in [0.05, 0.1) is 0 Å². The Kier molecular flexibility index (Phi) is 9.21. The highest BCUT2D eigenvalue weighted by Crippen LogP contribution is 2.20. The molecule has 0 radical (unpaired) electrons. The average Bonchev–Trinajstić information content (AvgIpc) is 2.31. The minimum Gasteiger partial charge on any atom is -0.481 e. The molecule has 0 aromatic heterocycles. The predicted octanol–water partition coefficient (Wildman–Crippen LogP) is 1.76. The standard InChI is InChI=1S/C14H28N2O3/c1-10(2)12(8-9-15)5-6-13(17)16-11(3)4-7-14(18)19/h10-12H,4-9,15H2,1-3H3,(H,16,17)(H,18,19). The number of nitrogens with one attached hydrogen (secondary N) is 1. The summed E-state index contributed by atoms with van der Waals surface area (Å²) < 4.78 is 0. The molecule has 0 aromatic rings. The number of nitrogens with two attached hydrogens (primary N) is 1. The smallest absolute Gasteiger partial charge is 0.303 e. The van der Waals surface area contributed by atoms with Gasteiger partial charge in [-0.3, -0.25) is 9.59 Å². The third-order valence-corrected chi connectivity index (χ3v) is 3.42. The van der Waals surface area contributed by atoms with Gasteiger partial charge in [-0.05, 0) is 44.6 Å². The fourth-order valence-electron chi connectivity index (χ4n) is 2.10. The molecule has 5 nitrogen and oxygen atoms in total.